The summed E-state index contributed by atoms with van der Waals surface area (Å²) >= 11 is 1.73. The number of hydrogen-bond donors (Lipinski definition) is 0. The largest absolute Gasteiger partial charge is 0.448 e. The lowest BCUT2D eigenvalue weighted by Crippen LogP contribution is -1.84. The summed E-state index contributed by atoms with van der Waals surface area (Å²) in [7, 11) is 0. The number of rotatable bonds is 2. The first-order valence-corrected chi connectivity index (χ1v) is 4.05. The highest BCUT2D eigenvalue weighted by Crippen LogP contribution is 2.22. The summed E-state index contributed by atoms with van der Waals surface area (Å²) in [5.74, 6) is 0.808. The quantitative estimate of drug-likeness (QED) is 0.634. The van der Waals surface area contributed by atoms with Gasteiger partial charge in [-0.25, -0.2) is 4.98 Å². The van der Waals surface area contributed by atoms with Crippen LogP contribution in [-0.4, -0.2) is 11.2 Å². The Morgan fingerprint density at radius 2 is 2.56 bits per heavy atom. The molecular weight excluding hydrogens is 134 g/mol. The van der Waals surface area contributed by atoms with Gasteiger partial charge in [-0.1, -0.05) is 0 Å². The van der Waals surface area contributed by atoms with Crippen LogP contribution in [0.15, 0.2) is 16.9 Å². The Morgan fingerprint density at radius 3 is 3.00 bits per heavy atom. The van der Waals surface area contributed by atoms with E-state index in [0.717, 1.165) is 5.89 Å². The van der Waals surface area contributed by atoms with Crippen LogP contribution in [0.2, 0.25) is 0 Å². The van der Waals surface area contributed by atoms with E-state index in [2.05, 4.69) is 11.9 Å². The lowest BCUT2D eigenvalue weighted by Gasteiger charge is -1.99. The lowest BCUT2D eigenvalue weighted by atomic mass is 10.5. The zero-order valence-corrected chi connectivity index (χ0v) is 6.31. The third kappa shape index (κ3) is 1.48. The molecule has 1 unspecified atom stereocenters. The molecule has 3 heteroatoms. The van der Waals surface area contributed by atoms with Crippen molar-refractivity contribution in [1.82, 2.24) is 4.98 Å². The summed E-state index contributed by atoms with van der Waals surface area (Å²) < 4.78 is 5.05. The van der Waals surface area contributed by atoms with Crippen LogP contribution < -0.4 is 0 Å². The van der Waals surface area contributed by atoms with Crippen LogP contribution in [0, 0.1) is 0 Å². The van der Waals surface area contributed by atoms with Crippen LogP contribution in [0.25, 0.3) is 0 Å². The molecule has 1 rings (SSSR count). The Kier molecular flexibility index (Phi) is 2.16. The van der Waals surface area contributed by atoms with E-state index in [4.69, 9.17) is 4.42 Å². The van der Waals surface area contributed by atoms with Crippen molar-refractivity contribution in [2.45, 2.75) is 12.2 Å². The van der Waals surface area contributed by atoms with Crippen molar-refractivity contribution in [2.24, 2.45) is 0 Å². The maximum absolute atomic E-state index is 5.05. The van der Waals surface area contributed by atoms with Gasteiger partial charge < -0.3 is 4.42 Å². The molecule has 0 spiro atoms. The molecule has 0 amide bonds. The third-order valence-corrected chi connectivity index (χ3v) is 2.06. The number of hydrogen-bond acceptors (Lipinski definition) is 3. The minimum absolute atomic E-state index is 0.375. The van der Waals surface area contributed by atoms with E-state index in [1.807, 2.05) is 6.26 Å². The van der Waals surface area contributed by atoms with Gasteiger partial charge in [0, 0.05) is 0 Å². The molecule has 2 nitrogen and oxygen atoms in total. The molecular formula is C6H9NOS. The van der Waals surface area contributed by atoms with Crippen LogP contribution in [-0.2, 0) is 0 Å². The zero-order chi connectivity index (χ0) is 6.69. The van der Waals surface area contributed by atoms with Crippen molar-refractivity contribution in [2.75, 3.05) is 6.26 Å². The summed E-state index contributed by atoms with van der Waals surface area (Å²) in [6.45, 7) is 2.07. The molecule has 0 N–H and O–H groups in total. The molecule has 0 saturated carbocycles. The average molecular weight is 143 g/mol. The molecule has 0 aliphatic rings. The first-order valence-electron chi connectivity index (χ1n) is 2.76. The molecule has 9 heavy (non-hydrogen) atoms. The van der Waals surface area contributed by atoms with Crippen molar-refractivity contribution < 1.29 is 4.42 Å². The molecule has 0 aliphatic heterocycles. The second-order valence-electron chi connectivity index (χ2n) is 1.75. The Balaban J connectivity index is 2.65. The van der Waals surface area contributed by atoms with E-state index >= 15 is 0 Å². The molecule has 1 aromatic heterocycles. The lowest BCUT2D eigenvalue weighted by molar-refractivity contribution is 0.498. The average Bonchev–Trinajstić information content (AvgIpc) is 2.37. The van der Waals surface area contributed by atoms with E-state index in [9.17, 15) is 0 Å². The molecule has 0 radical (unpaired) electrons. The second-order valence-corrected chi connectivity index (χ2v) is 2.93. The van der Waals surface area contributed by atoms with Crippen LogP contribution in [0.3, 0.4) is 0 Å². The fraction of sp³-hybridized carbons (Fsp3) is 0.500. The molecule has 0 aromatic carbocycles. The van der Waals surface area contributed by atoms with Crippen LogP contribution >= 0.6 is 11.8 Å². The summed E-state index contributed by atoms with van der Waals surface area (Å²) in [4.78, 5) is 4.00. The Morgan fingerprint density at radius 1 is 1.78 bits per heavy atom. The predicted octanol–water partition coefficient (Wildman–Crippen LogP) is 2.10. The SMILES string of the molecule is CSC(C)c1ncco1. The van der Waals surface area contributed by atoms with E-state index in [1.165, 1.54) is 0 Å². The molecule has 1 atom stereocenters. The minimum atomic E-state index is 0.375. The number of aromatic nitrogens is 1. The third-order valence-electron chi connectivity index (χ3n) is 1.15. The smallest absolute Gasteiger partial charge is 0.206 e. The molecule has 1 heterocycles. The van der Waals surface area contributed by atoms with Crippen molar-refractivity contribution in [3.63, 3.8) is 0 Å². The summed E-state index contributed by atoms with van der Waals surface area (Å²) in [6, 6.07) is 0. The Bertz CT molecular complexity index is 162. The minimum Gasteiger partial charge on any atom is -0.448 e. The van der Waals surface area contributed by atoms with Gasteiger partial charge in [0.2, 0.25) is 5.89 Å². The van der Waals surface area contributed by atoms with E-state index in [-0.39, 0.29) is 0 Å². The van der Waals surface area contributed by atoms with Gasteiger partial charge in [-0.15, -0.1) is 0 Å². The van der Waals surface area contributed by atoms with E-state index in [1.54, 1.807) is 24.2 Å². The highest BCUT2D eigenvalue weighted by Gasteiger charge is 2.05. The number of nitrogens with zero attached hydrogens (tertiary/aromatic N) is 1. The molecule has 0 bridgehead atoms. The highest BCUT2D eigenvalue weighted by atomic mass is 32.2. The summed E-state index contributed by atoms with van der Waals surface area (Å²) in [5, 5.41) is 0.375. The normalized spacial score (nSPS) is 13.6. The number of oxazole rings is 1. The van der Waals surface area contributed by atoms with Gasteiger partial charge in [0.1, 0.15) is 6.26 Å². The monoisotopic (exact) mass is 143 g/mol. The highest BCUT2D eigenvalue weighted by molar-refractivity contribution is 7.98. The molecule has 0 fully saturated rings. The predicted molar refractivity (Wildman–Crippen MR) is 38.4 cm³/mol. The molecule has 0 aliphatic carbocycles. The fourth-order valence-electron chi connectivity index (χ4n) is 0.536. The van der Waals surface area contributed by atoms with Crippen LogP contribution in [0.5, 0.6) is 0 Å². The maximum atomic E-state index is 5.05. The topological polar surface area (TPSA) is 26.0 Å². The summed E-state index contributed by atoms with van der Waals surface area (Å²) in [5.41, 5.74) is 0. The first-order chi connectivity index (χ1) is 4.34. The first kappa shape index (κ1) is 6.68. The Labute approximate surface area is 58.7 Å². The van der Waals surface area contributed by atoms with Crippen molar-refractivity contribution >= 4 is 11.8 Å². The fourth-order valence-corrected chi connectivity index (χ4v) is 0.854. The molecule has 50 valence electrons. The second kappa shape index (κ2) is 2.92. The van der Waals surface area contributed by atoms with Crippen molar-refractivity contribution in [1.29, 1.82) is 0 Å². The Hall–Kier alpha value is -0.440. The molecule has 1 aromatic rings. The van der Waals surface area contributed by atoms with E-state index in [0.29, 0.717) is 5.25 Å². The van der Waals surface area contributed by atoms with Gasteiger partial charge >= 0.3 is 0 Å². The van der Waals surface area contributed by atoms with E-state index < -0.39 is 0 Å². The van der Waals surface area contributed by atoms with Crippen molar-refractivity contribution in [3.05, 3.63) is 18.4 Å². The van der Waals surface area contributed by atoms with Crippen LogP contribution in [0.4, 0.5) is 0 Å². The van der Waals surface area contributed by atoms with Crippen LogP contribution in [0.1, 0.15) is 18.1 Å². The van der Waals surface area contributed by atoms with Gasteiger partial charge in [0.05, 0.1) is 11.4 Å². The van der Waals surface area contributed by atoms with Gasteiger partial charge in [0.15, 0.2) is 0 Å². The zero-order valence-electron chi connectivity index (χ0n) is 5.50. The van der Waals surface area contributed by atoms with Gasteiger partial charge in [0.25, 0.3) is 0 Å². The standard InChI is InChI=1S/C6H9NOS/c1-5(9-2)6-7-3-4-8-6/h3-5H,1-2H3. The van der Waals surface area contributed by atoms with Crippen molar-refractivity contribution in [3.8, 4) is 0 Å². The van der Waals surface area contributed by atoms with Gasteiger partial charge in [-0.2, -0.15) is 11.8 Å². The maximum Gasteiger partial charge on any atom is 0.206 e. The number of thioether (sulfide) groups is 1. The molecule has 0 saturated heterocycles. The summed E-state index contributed by atoms with van der Waals surface area (Å²) in [6.07, 6.45) is 5.30. The van der Waals surface area contributed by atoms with Gasteiger partial charge in [-0.3, -0.25) is 0 Å². The van der Waals surface area contributed by atoms with Gasteiger partial charge in [-0.05, 0) is 13.2 Å².